The van der Waals surface area contributed by atoms with Gasteiger partial charge in [-0.2, -0.15) is 0 Å². The average Bonchev–Trinajstić information content (AvgIpc) is 3.21. The van der Waals surface area contributed by atoms with Gasteiger partial charge in [0, 0.05) is 30.8 Å². The van der Waals surface area contributed by atoms with E-state index in [1.807, 2.05) is 0 Å². The van der Waals surface area contributed by atoms with E-state index in [-0.39, 0.29) is 40.9 Å². The topological polar surface area (TPSA) is 242 Å². The Morgan fingerprint density at radius 3 is 2.17 bits per heavy atom. The van der Waals surface area contributed by atoms with Gasteiger partial charge in [0.25, 0.3) is 0 Å². The predicted molar refractivity (Wildman–Crippen MR) is 208 cm³/mol. The number of ketones is 1. The Morgan fingerprint density at radius 1 is 0.983 bits per heavy atom. The number of esters is 4. The number of aliphatic hydroxyl groups is 4. The SMILES string of the molecule is C=C(CC(=O)OC)C(=O)N[C@@H](c1ccccc1)[C@@H](O)C(=O)O[C@H]1C[C@@]2(O)[C@@H](OC(=O)c3ccccc3)[C@@H]3[C@]4(OC(C)=O)CO[C@@H]4C[C@H](O)[C@@]3(C)C(=O)[C@H](O)C(=C1C)C2(C)C. The average molecular weight is 834 g/mol. The van der Waals surface area contributed by atoms with Gasteiger partial charge in [-0.1, -0.05) is 69.0 Å². The molecule has 2 aromatic carbocycles. The van der Waals surface area contributed by atoms with Crippen LogP contribution < -0.4 is 5.32 Å². The molecule has 11 atom stereocenters. The zero-order valence-electron chi connectivity index (χ0n) is 34.2. The highest BCUT2D eigenvalue weighted by Crippen LogP contribution is 2.64. The summed E-state index contributed by atoms with van der Waals surface area (Å²) in [5.41, 5.74) is -7.72. The monoisotopic (exact) mass is 833 g/mol. The molecule has 0 radical (unpaired) electrons. The molecule has 60 heavy (non-hydrogen) atoms. The largest absolute Gasteiger partial charge is 0.469 e. The molecule has 1 heterocycles. The zero-order chi connectivity index (χ0) is 44.1. The van der Waals surface area contributed by atoms with E-state index < -0.39 is 119 Å². The zero-order valence-corrected chi connectivity index (χ0v) is 34.2. The van der Waals surface area contributed by atoms with Crippen molar-refractivity contribution in [3.8, 4) is 0 Å². The number of aliphatic hydroxyl groups excluding tert-OH is 3. The summed E-state index contributed by atoms with van der Waals surface area (Å²) >= 11 is 0. The number of carbonyl (C=O) groups is 6. The van der Waals surface area contributed by atoms with Crippen LogP contribution in [0.1, 0.15) is 75.8 Å². The minimum atomic E-state index is -2.39. The number of amides is 1. The van der Waals surface area contributed by atoms with Crippen LogP contribution in [-0.2, 0) is 47.7 Å². The lowest BCUT2D eigenvalue weighted by atomic mass is 9.44. The summed E-state index contributed by atoms with van der Waals surface area (Å²) in [7, 11) is 1.13. The summed E-state index contributed by atoms with van der Waals surface area (Å²) in [5, 5.41) is 51.6. The molecule has 0 unspecified atom stereocenters. The fourth-order valence-corrected chi connectivity index (χ4v) is 9.70. The van der Waals surface area contributed by atoms with Gasteiger partial charge < -0.3 is 49.4 Å². The molecule has 0 aromatic heterocycles. The van der Waals surface area contributed by atoms with E-state index in [1.165, 1.54) is 52.0 Å². The molecular formula is C44H51NO15. The van der Waals surface area contributed by atoms with Crippen LogP contribution in [0.5, 0.6) is 0 Å². The molecule has 4 aliphatic rings. The van der Waals surface area contributed by atoms with Crippen LogP contribution in [-0.4, -0.2) is 118 Å². The van der Waals surface area contributed by atoms with Crippen LogP contribution in [0.3, 0.4) is 0 Å². The van der Waals surface area contributed by atoms with Crippen molar-refractivity contribution in [2.45, 2.75) is 108 Å². The molecule has 16 nitrogen and oxygen atoms in total. The van der Waals surface area contributed by atoms with Crippen molar-refractivity contribution in [3.63, 3.8) is 0 Å². The molecular weight excluding hydrogens is 782 g/mol. The summed E-state index contributed by atoms with van der Waals surface area (Å²) in [6.07, 6.45) is -11.3. The minimum Gasteiger partial charge on any atom is -0.469 e. The molecule has 2 saturated carbocycles. The number of rotatable bonds is 11. The molecule has 2 aromatic rings. The number of fused-ring (bicyclic) bond motifs is 5. The highest BCUT2D eigenvalue weighted by molar-refractivity contribution is 5.98. The molecule has 1 amide bonds. The lowest BCUT2D eigenvalue weighted by Crippen LogP contribution is -2.81. The maximum absolute atomic E-state index is 15.0. The fourth-order valence-electron chi connectivity index (χ4n) is 9.70. The maximum atomic E-state index is 15.0. The molecule has 0 spiro atoms. The standard InChI is InChI=1S/C44H51NO15/c1-22(18-30(48)56-7)38(52)45-32(25-14-10-8-11-15-25)34(50)40(54)58-27-20-44(55)37(59-39(53)26-16-12-9-13-17-26)35-42(6,36(51)33(49)31(23(27)2)41(44,4)5)28(47)19-29-43(35,21-57-29)60-24(3)46/h8-17,27-29,32-35,37,47,49-50,55H,1,18-21H2,2-7H3,(H,45,52)/t27-,28-,29+,32-,33+,34+,35-,37-,42+,43-,44+/m0/s1. The van der Waals surface area contributed by atoms with E-state index in [4.69, 9.17) is 18.9 Å². The lowest BCUT2D eigenvalue weighted by Gasteiger charge is -2.67. The fraction of sp³-hybridized carbons (Fsp3) is 0.500. The van der Waals surface area contributed by atoms with Gasteiger partial charge in [-0.25, -0.2) is 9.59 Å². The highest BCUT2D eigenvalue weighted by atomic mass is 16.6. The van der Waals surface area contributed by atoms with Crippen molar-refractivity contribution in [1.82, 2.24) is 5.32 Å². The van der Waals surface area contributed by atoms with Crippen LogP contribution in [0.4, 0.5) is 0 Å². The third kappa shape index (κ3) is 7.23. The number of hydrogen-bond donors (Lipinski definition) is 5. The van der Waals surface area contributed by atoms with Crippen molar-refractivity contribution in [3.05, 3.63) is 95.1 Å². The Hall–Kier alpha value is -5.26. The maximum Gasteiger partial charge on any atom is 0.338 e. The van der Waals surface area contributed by atoms with Crippen molar-refractivity contribution in [2.75, 3.05) is 13.7 Å². The van der Waals surface area contributed by atoms with Crippen molar-refractivity contribution in [2.24, 2.45) is 16.7 Å². The first-order valence-electron chi connectivity index (χ1n) is 19.6. The Labute approximate surface area is 346 Å². The molecule has 2 bridgehead atoms. The van der Waals surface area contributed by atoms with Gasteiger partial charge in [-0.15, -0.1) is 0 Å². The molecule has 5 N–H and O–H groups in total. The lowest BCUT2D eigenvalue weighted by molar-refractivity contribution is -0.346. The van der Waals surface area contributed by atoms with E-state index in [1.54, 1.807) is 36.4 Å². The van der Waals surface area contributed by atoms with E-state index in [0.717, 1.165) is 14.0 Å². The first kappa shape index (κ1) is 44.3. The van der Waals surface area contributed by atoms with Crippen LogP contribution >= 0.6 is 0 Å². The quantitative estimate of drug-likeness (QED) is 0.0941. The van der Waals surface area contributed by atoms with Crippen molar-refractivity contribution >= 4 is 35.6 Å². The molecule has 3 aliphatic carbocycles. The van der Waals surface area contributed by atoms with Gasteiger partial charge in [-0.05, 0) is 42.7 Å². The van der Waals surface area contributed by atoms with Gasteiger partial charge in [-0.3, -0.25) is 19.2 Å². The van der Waals surface area contributed by atoms with E-state index in [2.05, 4.69) is 16.6 Å². The number of benzene rings is 2. The van der Waals surface area contributed by atoms with Gasteiger partial charge in [0.05, 0.1) is 49.2 Å². The third-order valence-electron chi connectivity index (χ3n) is 13.1. The summed E-state index contributed by atoms with van der Waals surface area (Å²) in [5.74, 6) is -7.14. The summed E-state index contributed by atoms with van der Waals surface area (Å²) < 4.78 is 28.7. The summed E-state index contributed by atoms with van der Waals surface area (Å²) in [4.78, 5) is 81.1. The van der Waals surface area contributed by atoms with E-state index in [0.29, 0.717) is 0 Å². The number of hydrogen-bond acceptors (Lipinski definition) is 15. The second kappa shape index (κ2) is 16.3. The molecule has 3 fully saturated rings. The molecule has 322 valence electrons. The Kier molecular flexibility index (Phi) is 12.0. The van der Waals surface area contributed by atoms with Crippen LogP contribution in [0, 0.1) is 16.7 Å². The molecule has 1 saturated heterocycles. The summed E-state index contributed by atoms with van der Waals surface area (Å²) in [6.45, 7) is 10.3. The van der Waals surface area contributed by atoms with Gasteiger partial charge in [0.15, 0.2) is 17.5 Å². The van der Waals surface area contributed by atoms with Gasteiger partial charge in [0.1, 0.15) is 30.0 Å². The Balaban J connectivity index is 1.47. The summed E-state index contributed by atoms with van der Waals surface area (Å²) in [6, 6.07) is 14.2. The second-order valence-electron chi connectivity index (χ2n) is 16.8. The number of ether oxygens (including phenoxy) is 5. The first-order chi connectivity index (χ1) is 28.1. The van der Waals surface area contributed by atoms with Crippen LogP contribution in [0.25, 0.3) is 0 Å². The van der Waals surface area contributed by atoms with Crippen molar-refractivity contribution in [1.29, 1.82) is 0 Å². The van der Waals surface area contributed by atoms with Crippen LogP contribution in [0.15, 0.2) is 84.0 Å². The van der Waals surface area contributed by atoms with Crippen LogP contribution in [0.2, 0.25) is 0 Å². The van der Waals surface area contributed by atoms with Gasteiger partial charge >= 0.3 is 23.9 Å². The number of nitrogens with one attached hydrogen (secondary N) is 1. The number of methoxy groups -OCH3 is 1. The second-order valence-corrected chi connectivity index (χ2v) is 16.8. The van der Waals surface area contributed by atoms with Crippen molar-refractivity contribution < 1.29 is 72.9 Å². The number of Topliss-reactive ketones (excluding diaryl/α,β-unsaturated/α-hetero) is 1. The molecule has 6 rings (SSSR count). The smallest absolute Gasteiger partial charge is 0.338 e. The normalized spacial score (nSPS) is 32.5. The first-order valence-corrected chi connectivity index (χ1v) is 19.6. The number of carbonyl (C=O) groups excluding carboxylic acids is 6. The van der Waals surface area contributed by atoms with Gasteiger partial charge in [0.2, 0.25) is 5.91 Å². The predicted octanol–water partition coefficient (Wildman–Crippen LogP) is 1.97. The van der Waals surface area contributed by atoms with E-state index >= 15 is 0 Å². The Morgan fingerprint density at radius 2 is 1.60 bits per heavy atom. The highest BCUT2D eigenvalue weighted by Gasteiger charge is 2.78. The van der Waals surface area contributed by atoms with E-state index in [9.17, 15) is 49.2 Å². The molecule has 16 heteroatoms. The Bertz CT molecular complexity index is 2100. The third-order valence-corrected chi connectivity index (χ3v) is 13.1. The molecule has 1 aliphatic heterocycles. The minimum absolute atomic E-state index is 0.0606.